The van der Waals surface area contributed by atoms with Crippen LogP contribution in [0.3, 0.4) is 0 Å². The molecule has 1 aromatic heterocycles. The molecule has 0 saturated carbocycles. The number of ether oxygens (including phenoxy) is 1. The molecule has 2 amide bonds. The maximum absolute atomic E-state index is 12.6. The summed E-state index contributed by atoms with van der Waals surface area (Å²) < 4.78 is 38.5. The number of hydrogen-bond acceptors (Lipinski definition) is 7. The van der Waals surface area contributed by atoms with E-state index in [0.717, 1.165) is 0 Å². The van der Waals surface area contributed by atoms with E-state index in [1.54, 1.807) is 37.3 Å². The van der Waals surface area contributed by atoms with E-state index in [0.29, 0.717) is 11.3 Å². The lowest BCUT2D eigenvalue weighted by Gasteiger charge is -2.22. The molecule has 2 rings (SSSR count). The highest BCUT2D eigenvalue weighted by molar-refractivity contribution is 7.87. The molecule has 29 heavy (non-hydrogen) atoms. The summed E-state index contributed by atoms with van der Waals surface area (Å²) in [5.74, 6) is 0.0171. The Kier molecular flexibility index (Phi) is 8.08. The van der Waals surface area contributed by atoms with Gasteiger partial charge in [0.1, 0.15) is 18.1 Å². The highest BCUT2D eigenvalue weighted by Gasteiger charge is 2.18. The van der Waals surface area contributed by atoms with Crippen LogP contribution in [0.15, 0.2) is 47.1 Å². The highest BCUT2D eigenvalue weighted by atomic mass is 32.2. The smallest absolute Gasteiger partial charge is 0.325 e. The molecular formula is C19H24N2O7S. The van der Waals surface area contributed by atoms with E-state index in [1.807, 2.05) is 0 Å². The van der Waals surface area contributed by atoms with Crippen LogP contribution in [0.25, 0.3) is 0 Å². The van der Waals surface area contributed by atoms with Crippen LogP contribution >= 0.6 is 0 Å². The van der Waals surface area contributed by atoms with Gasteiger partial charge >= 0.3 is 22.1 Å². The molecule has 1 aromatic carbocycles. The Balaban J connectivity index is 2.12. The quantitative estimate of drug-likeness (QED) is 0.459. The van der Waals surface area contributed by atoms with E-state index in [1.165, 1.54) is 24.2 Å². The number of urea groups is 1. The van der Waals surface area contributed by atoms with Gasteiger partial charge in [-0.15, -0.1) is 0 Å². The standard InChI is InChI=1S/C19H24N2O7S/c1-3-26-18(22)12-20-19(23)21(14-17-9-6-10-27-17)13-15-7-5-8-16(11-15)28-29(24,25)4-2/h5-11H,3-4,12-14H2,1-2H3,(H,20,23). The van der Waals surface area contributed by atoms with Crippen molar-refractivity contribution < 1.29 is 31.3 Å². The maximum atomic E-state index is 12.6. The van der Waals surface area contributed by atoms with Gasteiger partial charge in [-0.1, -0.05) is 12.1 Å². The average molecular weight is 424 g/mol. The Bertz CT molecular complexity index is 910. The lowest BCUT2D eigenvalue weighted by molar-refractivity contribution is -0.141. The van der Waals surface area contributed by atoms with Crippen molar-refractivity contribution in [3.63, 3.8) is 0 Å². The normalized spacial score (nSPS) is 11.0. The molecule has 0 saturated heterocycles. The predicted octanol–water partition coefficient (Wildman–Crippen LogP) is 2.28. The van der Waals surface area contributed by atoms with E-state index < -0.39 is 22.1 Å². The number of hydrogen-bond donors (Lipinski definition) is 1. The first-order chi connectivity index (χ1) is 13.8. The zero-order chi connectivity index (χ0) is 21.3. The van der Waals surface area contributed by atoms with Crippen molar-refractivity contribution in [2.45, 2.75) is 26.9 Å². The van der Waals surface area contributed by atoms with Gasteiger partial charge in [0.05, 0.1) is 25.2 Å². The number of esters is 1. The largest absolute Gasteiger partial charge is 0.467 e. The van der Waals surface area contributed by atoms with Gasteiger partial charge < -0.3 is 23.6 Å². The SMILES string of the molecule is CCOC(=O)CNC(=O)N(Cc1cccc(OS(=O)(=O)CC)c1)Cc1ccco1. The van der Waals surface area contributed by atoms with Crippen molar-refractivity contribution in [1.82, 2.24) is 10.2 Å². The van der Waals surface area contributed by atoms with Crippen LogP contribution in [0.1, 0.15) is 25.2 Å². The molecule has 0 aliphatic carbocycles. The number of amides is 2. The number of rotatable bonds is 10. The molecule has 0 aliphatic rings. The maximum Gasteiger partial charge on any atom is 0.325 e. The Hall–Kier alpha value is -3.01. The minimum atomic E-state index is -3.66. The van der Waals surface area contributed by atoms with Gasteiger partial charge in [-0.05, 0) is 43.7 Å². The molecule has 0 aliphatic heterocycles. The zero-order valence-corrected chi connectivity index (χ0v) is 17.1. The lowest BCUT2D eigenvalue weighted by Crippen LogP contribution is -2.41. The molecule has 10 heteroatoms. The van der Waals surface area contributed by atoms with E-state index >= 15 is 0 Å². The summed E-state index contributed by atoms with van der Waals surface area (Å²) >= 11 is 0. The van der Waals surface area contributed by atoms with Crippen molar-refractivity contribution in [3.8, 4) is 5.75 Å². The zero-order valence-electron chi connectivity index (χ0n) is 16.3. The molecule has 0 radical (unpaired) electrons. The summed E-state index contributed by atoms with van der Waals surface area (Å²) in [7, 11) is -3.66. The second-order valence-electron chi connectivity index (χ2n) is 5.98. The lowest BCUT2D eigenvalue weighted by atomic mass is 10.2. The molecule has 158 valence electrons. The fraction of sp³-hybridized carbons (Fsp3) is 0.368. The molecular weight excluding hydrogens is 400 g/mol. The molecule has 0 unspecified atom stereocenters. The van der Waals surface area contributed by atoms with E-state index in [4.69, 9.17) is 13.3 Å². The Morgan fingerprint density at radius 2 is 1.93 bits per heavy atom. The van der Waals surface area contributed by atoms with Crippen LogP contribution < -0.4 is 9.50 Å². The summed E-state index contributed by atoms with van der Waals surface area (Å²) in [5, 5.41) is 2.51. The highest BCUT2D eigenvalue weighted by Crippen LogP contribution is 2.18. The molecule has 0 fully saturated rings. The summed E-state index contributed by atoms with van der Waals surface area (Å²) in [6, 6.07) is 9.36. The first kappa shape index (κ1) is 22.3. The average Bonchev–Trinajstić information content (AvgIpc) is 3.19. The summed E-state index contributed by atoms with van der Waals surface area (Å²) in [4.78, 5) is 25.5. The van der Waals surface area contributed by atoms with Gasteiger partial charge in [-0.25, -0.2) is 4.79 Å². The van der Waals surface area contributed by atoms with Gasteiger partial charge in [0.15, 0.2) is 0 Å². The molecule has 9 nitrogen and oxygen atoms in total. The third-order valence-electron chi connectivity index (χ3n) is 3.75. The first-order valence-corrected chi connectivity index (χ1v) is 10.6. The topological polar surface area (TPSA) is 115 Å². The molecule has 0 spiro atoms. The third-order valence-corrected chi connectivity index (χ3v) is 4.91. The van der Waals surface area contributed by atoms with Crippen LogP contribution in [0, 0.1) is 0 Å². The summed E-state index contributed by atoms with van der Waals surface area (Å²) in [6.07, 6.45) is 1.49. The van der Waals surface area contributed by atoms with E-state index in [2.05, 4.69) is 5.32 Å². The Morgan fingerprint density at radius 3 is 2.59 bits per heavy atom. The predicted molar refractivity (Wildman–Crippen MR) is 105 cm³/mol. The van der Waals surface area contributed by atoms with Crippen LogP contribution in [-0.4, -0.2) is 44.2 Å². The number of carbonyl (C=O) groups is 2. The molecule has 1 N–H and O–H groups in total. The van der Waals surface area contributed by atoms with Gasteiger partial charge in [-0.2, -0.15) is 8.42 Å². The van der Waals surface area contributed by atoms with Crippen molar-refractivity contribution in [1.29, 1.82) is 0 Å². The van der Waals surface area contributed by atoms with Crippen molar-refractivity contribution in [2.24, 2.45) is 0 Å². The fourth-order valence-electron chi connectivity index (χ4n) is 2.38. The molecule has 2 aromatic rings. The third kappa shape index (κ3) is 7.49. The minimum Gasteiger partial charge on any atom is -0.467 e. The summed E-state index contributed by atoms with van der Waals surface area (Å²) in [6.45, 7) is 3.41. The second-order valence-corrected chi connectivity index (χ2v) is 7.84. The molecule has 1 heterocycles. The van der Waals surface area contributed by atoms with Crippen molar-refractivity contribution in [3.05, 3.63) is 54.0 Å². The van der Waals surface area contributed by atoms with Gasteiger partial charge in [-0.3, -0.25) is 4.79 Å². The van der Waals surface area contributed by atoms with Crippen LogP contribution in [0.2, 0.25) is 0 Å². The second kappa shape index (κ2) is 10.5. The van der Waals surface area contributed by atoms with E-state index in [9.17, 15) is 18.0 Å². The first-order valence-electron chi connectivity index (χ1n) is 9.04. The fourth-order valence-corrected chi connectivity index (χ4v) is 2.90. The minimum absolute atomic E-state index is 0.138. The van der Waals surface area contributed by atoms with E-state index in [-0.39, 0.29) is 37.7 Å². The summed E-state index contributed by atoms with van der Waals surface area (Å²) in [5.41, 5.74) is 0.645. The Labute approximate surface area is 169 Å². The van der Waals surface area contributed by atoms with Crippen molar-refractivity contribution >= 4 is 22.1 Å². The number of carbonyl (C=O) groups excluding carboxylic acids is 2. The number of furan rings is 1. The number of benzene rings is 1. The molecule has 0 atom stereocenters. The van der Waals surface area contributed by atoms with Gasteiger partial charge in [0.2, 0.25) is 0 Å². The molecule has 0 bridgehead atoms. The number of nitrogens with zero attached hydrogens (tertiary/aromatic N) is 1. The van der Waals surface area contributed by atoms with Crippen molar-refractivity contribution in [2.75, 3.05) is 18.9 Å². The number of nitrogens with one attached hydrogen (secondary N) is 1. The van der Waals surface area contributed by atoms with Crippen LogP contribution in [-0.2, 0) is 32.7 Å². The Morgan fingerprint density at radius 1 is 1.14 bits per heavy atom. The monoisotopic (exact) mass is 424 g/mol. The van der Waals surface area contributed by atoms with Crippen LogP contribution in [0.4, 0.5) is 4.79 Å². The van der Waals surface area contributed by atoms with Crippen LogP contribution in [0.5, 0.6) is 5.75 Å². The van der Waals surface area contributed by atoms with Gasteiger partial charge in [0, 0.05) is 6.54 Å². The van der Waals surface area contributed by atoms with Gasteiger partial charge in [0.25, 0.3) is 0 Å².